The van der Waals surface area contributed by atoms with Gasteiger partial charge in [0.15, 0.2) is 0 Å². The summed E-state index contributed by atoms with van der Waals surface area (Å²) < 4.78 is 5.87. The van der Waals surface area contributed by atoms with Crippen molar-refractivity contribution in [3.05, 3.63) is 99.6 Å². The van der Waals surface area contributed by atoms with E-state index in [4.69, 9.17) is 4.74 Å². The Kier molecular flexibility index (Phi) is 6.35. The number of para-hydroxylation sites is 2. The number of hydrogen-bond acceptors (Lipinski definition) is 6. The minimum Gasteiger partial charge on any atom is -0.491 e. The van der Waals surface area contributed by atoms with Crippen LogP contribution in [0.1, 0.15) is 37.5 Å². The van der Waals surface area contributed by atoms with E-state index in [2.05, 4.69) is 0 Å². The number of imide groups is 1. The fraction of sp³-hybridized carbons (Fsp3) is 0.160. The van der Waals surface area contributed by atoms with E-state index < -0.39 is 4.92 Å². The molecule has 0 fully saturated rings. The summed E-state index contributed by atoms with van der Waals surface area (Å²) in [6.45, 7) is 0.441. The molecule has 0 saturated carbocycles. The summed E-state index contributed by atoms with van der Waals surface area (Å²) in [6, 6.07) is 19.1. The van der Waals surface area contributed by atoms with Gasteiger partial charge in [0.05, 0.1) is 28.3 Å². The number of nitrogens with zero attached hydrogens (tertiary/aromatic N) is 3. The number of benzene rings is 3. The highest BCUT2D eigenvalue weighted by Crippen LogP contribution is 2.29. The van der Waals surface area contributed by atoms with Crippen molar-refractivity contribution in [2.24, 2.45) is 0 Å². The first-order chi connectivity index (χ1) is 16.4. The number of carbonyl (C=O) groups is 3. The fourth-order valence-electron chi connectivity index (χ4n) is 3.73. The number of fused-ring (bicyclic) bond motifs is 1. The second-order valence-electron chi connectivity index (χ2n) is 7.65. The van der Waals surface area contributed by atoms with E-state index in [1.54, 1.807) is 55.6 Å². The number of hydrogen-bond donors (Lipinski definition) is 0. The third-order valence-corrected chi connectivity index (χ3v) is 5.52. The molecule has 4 rings (SSSR count). The Bertz CT molecular complexity index is 1240. The Morgan fingerprint density at radius 2 is 1.53 bits per heavy atom. The van der Waals surface area contributed by atoms with Gasteiger partial charge in [0, 0.05) is 31.3 Å². The molecule has 3 aromatic carbocycles. The lowest BCUT2D eigenvalue weighted by Crippen LogP contribution is -2.31. The number of anilines is 1. The Balaban J connectivity index is 1.38. The molecule has 3 amide bonds. The lowest BCUT2D eigenvalue weighted by atomic mass is 10.1. The van der Waals surface area contributed by atoms with Crippen LogP contribution in [0.25, 0.3) is 0 Å². The third-order valence-electron chi connectivity index (χ3n) is 5.52. The number of nitro groups is 1. The smallest absolute Gasteiger partial charge is 0.269 e. The quantitative estimate of drug-likeness (QED) is 0.218. The van der Waals surface area contributed by atoms with Crippen LogP contribution in [-0.2, 0) is 0 Å². The van der Waals surface area contributed by atoms with Crippen LogP contribution in [0.4, 0.5) is 11.4 Å². The van der Waals surface area contributed by atoms with Gasteiger partial charge in [-0.2, -0.15) is 0 Å². The maximum absolute atomic E-state index is 12.9. The van der Waals surface area contributed by atoms with E-state index >= 15 is 0 Å². The largest absolute Gasteiger partial charge is 0.491 e. The molecule has 0 atom stereocenters. The van der Waals surface area contributed by atoms with Crippen LogP contribution in [-0.4, -0.2) is 47.7 Å². The van der Waals surface area contributed by atoms with Gasteiger partial charge < -0.3 is 9.64 Å². The standard InChI is InChI=1S/C25H21N3O6/c1-26(23(29)17-11-13-18(14-12-17)28(32)33)21-9-4-5-10-22(21)34-16-6-15-27-24(30)19-7-2-3-8-20(19)25(27)31/h2-5,7-14H,6,15-16H2,1H3. The van der Waals surface area contributed by atoms with Gasteiger partial charge in [-0.3, -0.25) is 29.4 Å². The predicted octanol–water partition coefficient (Wildman–Crippen LogP) is 3.94. The maximum atomic E-state index is 12.9. The van der Waals surface area contributed by atoms with Gasteiger partial charge in [-0.25, -0.2) is 0 Å². The van der Waals surface area contributed by atoms with E-state index in [9.17, 15) is 24.5 Å². The molecule has 0 aliphatic carbocycles. The summed E-state index contributed by atoms with van der Waals surface area (Å²) in [5.41, 5.74) is 1.54. The normalized spacial score (nSPS) is 12.4. The molecule has 9 nitrogen and oxygen atoms in total. The second kappa shape index (κ2) is 9.53. The van der Waals surface area contributed by atoms with Crippen LogP contribution in [0, 0.1) is 10.1 Å². The highest BCUT2D eigenvalue weighted by molar-refractivity contribution is 6.21. The van der Waals surface area contributed by atoms with Gasteiger partial charge in [0.2, 0.25) is 0 Å². The van der Waals surface area contributed by atoms with Crippen LogP contribution in [0.2, 0.25) is 0 Å². The van der Waals surface area contributed by atoms with Crippen molar-refractivity contribution < 1.29 is 24.0 Å². The Morgan fingerprint density at radius 3 is 2.15 bits per heavy atom. The summed E-state index contributed by atoms with van der Waals surface area (Å²) in [5, 5.41) is 10.8. The number of amides is 3. The van der Waals surface area contributed by atoms with Crippen molar-refractivity contribution in [2.45, 2.75) is 6.42 Å². The maximum Gasteiger partial charge on any atom is 0.269 e. The zero-order valence-corrected chi connectivity index (χ0v) is 18.3. The Morgan fingerprint density at radius 1 is 0.941 bits per heavy atom. The minimum atomic E-state index is -0.525. The number of nitro benzene ring substituents is 1. The van der Waals surface area contributed by atoms with Crippen molar-refractivity contribution >= 4 is 29.1 Å². The zero-order valence-electron chi connectivity index (χ0n) is 18.3. The van der Waals surface area contributed by atoms with Crippen molar-refractivity contribution in [2.75, 3.05) is 25.1 Å². The molecule has 0 saturated heterocycles. The van der Waals surface area contributed by atoms with Crippen molar-refractivity contribution in [3.8, 4) is 5.75 Å². The molecule has 3 aromatic rings. The van der Waals surface area contributed by atoms with E-state index in [1.165, 1.54) is 34.1 Å². The van der Waals surface area contributed by atoms with Gasteiger partial charge in [-0.05, 0) is 42.8 Å². The molecule has 172 valence electrons. The summed E-state index contributed by atoms with van der Waals surface area (Å²) in [4.78, 5) is 50.7. The van der Waals surface area contributed by atoms with Crippen molar-refractivity contribution in [1.82, 2.24) is 4.90 Å². The second-order valence-corrected chi connectivity index (χ2v) is 7.65. The van der Waals surface area contributed by atoms with Crippen LogP contribution < -0.4 is 9.64 Å². The first-order valence-electron chi connectivity index (χ1n) is 10.6. The molecule has 1 heterocycles. The van der Waals surface area contributed by atoms with Gasteiger partial charge in [0.1, 0.15) is 5.75 Å². The summed E-state index contributed by atoms with van der Waals surface area (Å²) >= 11 is 0. The number of rotatable bonds is 8. The lowest BCUT2D eigenvalue weighted by molar-refractivity contribution is -0.384. The number of non-ortho nitro benzene ring substituents is 1. The molecule has 34 heavy (non-hydrogen) atoms. The minimum absolute atomic E-state index is 0.0963. The van der Waals surface area contributed by atoms with Crippen LogP contribution in [0.5, 0.6) is 5.75 Å². The zero-order chi connectivity index (χ0) is 24.2. The predicted molar refractivity (Wildman–Crippen MR) is 124 cm³/mol. The van der Waals surface area contributed by atoms with Gasteiger partial charge in [0.25, 0.3) is 23.4 Å². The molecular weight excluding hydrogens is 438 g/mol. The number of carbonyl (C=O) groups excluding carboxylic acids is 3. The van der Waals surface area contributed by atoms with Crippen LogP contribution in [0.15, 0.2) is 72.8 Å². The summed E-state index contributed by atoms with van der Waals surface area (Å²) in [6.07, 6.45) is 0.416. The Labute approximate surface area is 195 Å². The van der Waals surface area contributed by atoms with Crippen LogP contribution >= 0.6 is 0 Å². The molecule has 0 bridgehead atoms. The van der Waals surface area contributed by atoms with Gasteiger partial charge >= 0.3 is 0 Å². The highest BCUT2D eigenvalue weighted by atomic mass is 16.6. The van der Waals surface area contributed by atoms with E-state index in [-0.39, 0.29) is 36.6 Å². The molecule has 9 heteroatoms. The molecule has 0 unspecified atom stereocenters. The average molecular weight is 459 g/mol. The number of ether oxygens (including phenoxy) is 1. The Hall–Kier alpha value is -4.53. The fourth-order valence-corrected chi connectivity index (χ4v) is 3.73. The van der Waals surface area contributed by atoms with Gasteiger partial charge in [-0.1, -0.05) is 24.3 Å². The molecule has 1 aliphatic heterocycles. The molecule has 0 radical (unpaired) electrons. The van der Waals surface area contributed by atoms with Crippen LogP contribution in [0.3, 0.4) is 0 Å². The molecular formula is C25H21N3O6. The summed E-state index contributed by atoms with van der Waals surface area (Å²) in [5.74, 6) is -0.511. The molecule has 1 aliphatic rings. The monoisotopic (exact) mass is 459 g/mol. The summed E-state index contributed by atoms with van der Waals surface area (Å²) in [7, 11) is 1.59. The average Bonchev–Trinajstić information content (AvgIpc) is 3.11. The van der Waals surface area contributed by atoms with E-state index in [0.29, 0.717) is 34.5 Å². The SMILES string of the molecule is CN(C(=O)c1ccc([N+](=O)[O-])cc1)c1ccccc1OCCCN1C(=O)c2ccccc2C1=O. The van der Waals surface area contributed by atoms with Crippen molar-refractivity contribution in [3.63, 3.8) is 0 Å². The lowest BCUT2D eigenvalue weighted by Gasteiger charge is -2.21. The van der Waals surface area contributed by atoms with Crippen molar-refractivity contribution in [1.29, 1.82) is 0 Å². The first-order valence-corrected chi connectivity index (χ1v) is 10.6. The first kappa shape index (κ1) is 22.7. The van der Waals surface area contributed by atoms with E-state index in [1.807, 2.05) is 0 Å². The molecule has 0 spiro atoms. The molecule has 0 aromatic heterocycles. The van der Waals surface area contributed by atoms with E-state index in [0.717, 1.165) is 0 Å². The topological polar surface area (TPSA) is 110 Å². The van der Waals surface area contributed by atoms with Gasteiger partial charge in [-0.15, -0.1) is 0 Å². The molecule has 0 N–H and O–H groups in total. The third kappa shape index (κ3) is 4.36. The highest BCUT2D eigenvalue weighted by Gasteiger charge is 2.34.